The zero-order valence-electron chi connectivity index (χ0n) is 11.5. The summed E-state index contributed by atoms with van der Waals surface area (Å²) in [5.41, 5.74) is 2.66. The third-order valence-corrected chi connectivity index (χ3v) is 5.25. The molecule has 3 aromatic rings. The van der Waals surface area contributed by atoms with Crippen molar-refractivity contribution in [2.45, 2.75) is 6.92 Å². The minimum Gasteiger partial charge on any atom is -0.360 e. The Morgan fingerprint density at radius 2 is 1.91 bits per heavy atom. The number of carbonyl (C=O) groups excluding carboxylic acids is 1. The second-order valence-corrected chi connectivity index (χ2v) is 6.64. The first-order chi connectivity index (χ1) is 10.5. The van der Waals surface area contributed by atoms with Crippen LogP contribution in [0.4, 0.5) is 10.1 Å². The van der Waals surface area contributed by atoms with Crippen molar-refractivity contribution in [1.82, 2.24) is 4.98 Å². The Kier molecular flexibility index (Phi) is 4.06. The fourth-order valence-corrected chi connectivity index (χ4v) is 2.95. The zero-order chi connectivity index (χ0) is 15.9. The van der Waals surface area contributed by atoms with Crippen molar-refractivity contribution in [3.63, 3.8) is 0 Å². The average Bonchev–Trinajstić information content (AvgIpc) is 2.85. The van der Waals surface area contributed by atoms with E-state index >= 15 is 0 Å². The van der Waals surface area contributed by atoms with Gasteiger partial charge in [-0.3, -0.25) is 4.79 Å². The smallest absolute Gasteiger partial charge is 0.257 e. The number of rotatable bonds is 2. The third-order valence-electron chi connectivity index (χ3n) is 3.40. The first kappa shape index (κ1) is 15.2. The predicted octanol–water partition coefficient (Wildman–Crippen LogP) is 5.39. The van der Waals surface area contributed by atoms with Crippen molar-refractivity contribution < 1.29 is 9.18 Å². The maximum absolute atomic E-state index is 13.1. The summed E-state index contributed by atoms with van der Waals surface area (Å²) in [7, 11) is 0. The molecule has 112 valence electrons. The maximum Gasteiger partial charge on any atom is 0.257 e. The number of anilines is 1. The lowest BCUT2D eigenvalue weighted by Crippen LogP contribution is -2.12. The average molecular weight is 426 g/mol. The van der Waals surface area contributed by atoms with Gasteiger partial charge in [0.15, 0.2) is 0 Å². The quantitative estimate of drug-likeness (QED) is 0.567. The monoisotopic (exact) mass is 424 g/mol. The van der Waals surface area contributed by atoms with Gasteiger partial charge in [0.05, 0.1) is 5.56 Å². The molecule has 2 N–H and O–H groups in total. The van der Waals surface area contributed by atoms with E-state index in [0.29, 0.717) is 16.8 Å². The van der Waals surface area contributed by atoms with Crippen molar-refractivity contribution in [2.75, 3.05) is 5.32 Å². The van der Waals surface area contributed by atoms with Crippen molar-refractivity contribution in [2.24, 2.45) is 0 Å². The molecule has 22 heavy (non-hydrogen) atoms. The summed E-state index contributed by atoms with van der Waals surface area (Å²) in [4.78, 5) is 15.5. The zero-order valence-corrected chi connectivity index (χ0v) is 14.7. The molecule has 0 atom stereocenters. The van der Waals surface area contributed by atoms with Gasteiger partial charge in [-0.1, -0.05) is 0 Å². The van der Waals surface area contributed by atoms with E-state index in [1.165, 1.54) is 12.1 Å². The molecule has 0 bridgehead atoms. The molecule has 0 aliphatic heterocycles. The number of benzene rings is 2. The number of hydrogen-bond donors (Lipinski definition) is 2. The highest BCUT2D eigenvalue weighted by Gasteiger charge is 2.14. The van der Waals surface area contributed by atoms with Crippen molar-refractivity contribution in [3.8, 4) is 0 Å². The molecule has 3 rings (SSSR count). The Labute approximate surface area is 143 Å². The van der Waals surface area contributed by atoms with Crippen molar-refractivity contribution in [3.05, 3.63) is 62.4 Å². The molecular weight excluding hydrogens is 415 g/mol. The maximum atomic E-state index is 13.1. The van der Waals surface area contributed by atoms with E-state index < -0.39 is 0 Å². The van der Waals surface area contributed by atoms with Crippen LogP contribution in [0.5, 0.6) is 0 Å². The van der Waals surface area contributed by atoms with E-state index in [9.17, 15) is 9.18 Å². The Bertz CT molecular complexity index is 889. The van der Waals surface area contributed by atoms with Crippen LogP contribution < -0.4 is 5.32 Å². The van der Waals surface area contributed by atoms with Gasteiger partial charge in [-0.2, -0.15) is 0 Å². The standard InChI is InChI=1S/C16H11Br2FN2O/c1-8-4-9(19)2-3-14(8)21-16(22)11-7-20-15-6-13(18)12(17)5-10(11)15/h2-7,20H,1H3,(H,21,22). The number of aromatic amines is 1. The largest absolute Gasteiger partial charge is 0.360 e. The van der Waals surface area contributed by atoms with Crippen LogP contribution in [0.2, 0.25) is 0 Å². The van der Waals surface area contributed by atoms with E-state index in [4.69, 9.17) is 0 Å². The minimum absolute atomic E-state index is 0.241. The van der Waals surface area contributed by atoms with E-state index in [1.54, 1.807) is 19.2 Å². The summed E-state index contributed by atoms with van der Waals surface area (Å²) in [6.07, 6.45) is 1.66. The van der Waals surface area contributed by atoms with Gasteiger partial charge in [0.2, 0.25) is 0 Å². The highest BCUT2D eigenvalue weighted by molar-refractivity contribution is 9.13. The predicted molar refractivity (Wildman–Crippen MR) is 92.8 cm³/mol. The molecule has 0 fully saturated rings. The van der Waals surface area contributed by atoms with Gasteiger partial charge in [0, 0.05) is 31.7 Å². The highest BCUT2D eigenvalue weighted by Crippen LogP contribution is 2.30. The molecule has 0 saturated heterocycles. The second kappa shape index (κ2) is 5.85. The summed E-state index contributed by atoms with van der Waals surface area (Å²) in [5.74, 6) is -0.563. The van der Waals surface area contributed by atoms with Crippen LogP contribution in [0, 0.1) is 12.7 Å². The number of H-pyrrole nitrogens is 1. The summed E-state index contributed by atoms with van der Waals surface area (Å²) < 4.78 is 14.9. The fraction of sp³-hybridized carbons (Fsp3) is 0.0625. The van der Waals surface area contributed by atoms with Gasteiger partial charge in [0.1, 0.15) is 5.82 Å². The van der Waals surface area contributed by atoms with Crippen LogP contribution in [0.25, 0.3) is 10.9 Å². The molecule has 0 radical (unpaired) electrons. The van der Waals surface area contributed by atoms with Gasteiger partial charge in [0.25, 0.3) is 5.91 Å². The molecule has 1 amide bonds. The highest BCUT2D eigenvalue weighted by atomic mass is 79.9. The molecule has 1 heterocycles. The molecule has 0 saturated carbocycles. The van der Waals surface area contributed by atoms with Crippen molar-refractivity contribution in [1.29, 1.82) is 0 Å². The lowest BCUT2D eigenvalue weighted by molar-refractivity contribution is 0.102. The van der Waals surface area contributed by atoms with E-state index in [1.807, 2.05) is 12.1 Å². The molecule has 1 aromatic heterocycles. The first-order valence-electron chi connectivity index (χ1n) is 6.49. The number of halogens is 3. The van der Waals surface area contributed by atoms with Crippen LogP contribution in [0.3, 0.4) is 0 Å². The number of amides is 1. The van der Waals surface area contributed by atoms with Crippen LogP contribution in [0.1, 0.15) is 15.9 Å². The molecule has 6 heteroatoms. The van der Waals surface area contributed by atoms with E-state index in [-0.39, 0.29) is 11.7 Å². The van der Waals surface area contributed by atoms with Crippen LogP contribution in [-0.4, -0.2) is 10.9 Å². The molecule has 0 aliphatic carbocycles. The number of fused-ring (bicyclic) bond motifs is 1. The minimum atomic E-state index is -0.323. The number of aryl methyl sites for hydroxylation is 1. The number of carbonyl (C=O) groups is 1. The second-order valence-electron chi connectivity index (χ2n) is 4.93. The number of hydrogen-bond acceptors (Lipinski definition) is 1. The normalized spacial score (nSPS) is 10.9. The molecule has 0 aliphatic rings. The fourth-order valence-electron chi connectivity index (χ4n) is 2.26. The lowest BCUT2D eigenvalue weighted by atomic mass is 10.1. The van der Waals surface area contributed by atoms with Crippen LogP contribution >= 0.6 is 31.9 Å². The SMILES string of the molecule is Cc1cc(F)ccc1NC(=O)c1c[nH]c2cc(Br)c(Br)cc12. The van der Waals surface area contributed by atoms with Gasteiger partial charge < -0.3 is 10.3 Å². The third kappa shape index (κ3) is 2.80. The Balaban J connectivity index is 1.97. The van der Waals surface area contributed by atoms with Gasteiger partial charge in [-0.05, 0) is 74.7 Å². The van der Waals surface area contributed by atoms with Crippen LogP contribution in [-0.2, 0) is 0 Å². The van der Waals surface area contributed by atoms with Gasteiger partial charge >= 0.3 is 0 Å². The topological polar surface area (TPSA) is 44.9 Å². The van der Waals surface area contributed by atoms with E-state index in [0.717, 1.165) is 19.8 Å². The summed E-state index contributed by atoms with van der Waals surface area (Å²) in [5, 5.41) is 3.63. The Morgan fingerprint density at radius 1 is 1.18 bits per heavy atom. The number of nitrogens with one attached hydrogen (secondary N) is 2. The molecule has 2 aromatic carbocycles. The van der Waals surface area contributed by atoms with Crippen molar-refractivity contribution >= 4 is 54.4 Å². The molecule has 0 spiro atoms. The lowest BCUT2D eigenvalue weighted by Gasteiger charge is -2.08. The Morgan fingerprint density at radius 3 is 2.64 bits per heavy atom. The summed E-state index contributed by atoms with van der Waals surface area (Å²) in [6.45, 7) is 1.75. The van der Waals surface area contributed by atoms with Gasteiger partial charge in [-0.15, -0.1) is 0 Å². The summed E-state index contributed by atoms with van der Waals surface area (Å²) in [6, 6.07) is 8.05. The first-order valence-corrected chi connectivity index (χ1v) is 8.08. The Hall–Kier alpha value is -1.66. The van der Waals surface area contributed by atoms with Gasteiger partial charge in [-0.25, -0.2) is 4.39 Å². The van der Waals surface area contributed by atoms with Crippen LogP contribution in [0.15, 0.2) is 45.5 Å². The summed E-state index contributed by atoms with van der Waals surface area (Å²) >= 11 is 6.87. The number of aromatic nitrogens is 1. The molecular formula is C16H11Br2FN2O. The molecule has 0 unspecified atom stereocenters. The van der Waals surface area contributed by atoms with E-state index in [2.05, 4.69) is 42.2 Å². The molecule has 3 nitrogen and oxygen atoms in total.